The molecule has 0 bridgehead atoms. The molecule has 0 spiro atoms. The van der Waals surface area contributed by atoms with Crippen molar-refractivity contribution in [3.05, 3.63) is 0 Å². The van der Waals surface area contributed by atoms with E-state index in [0.717, 1.165) is 25.0 Å². The van der Waals surface area contributed by atoms with E-state index in [9.17, 15) is 0 Å². The predicted molar refractivity (Wildman–Crippen MR) is 67.2 cm³/mol. The first kappa shape index (κ1) is 13.0. The van der Waals surface area contributed by atoms with E-state index in [1.165, 1.54) is 38.6 Å². The van der Waals surface area contributed by atoms with Gasteiger partial charge in [-0.2, -0.15) is 0 Å². The lowest BCUT2D eigenvalue weighted by Crippen LogP contribution is -2.45. The standard InChI is InChI=1S/C13H28N2/c1-4-14-13(11-15(3)5-2)12-9-7-6-8-10-12/h12-14H,4-11H2,1-3H3. The summed E-state index contributed by atoms with van der Waals surface area (Å²) in [5.41, 5.74) is 0. The minimum atomic E-state index is 0.722. The van der Waals surface area contributed by atoms with Crippen LogP contribution in [0.25, 0.3) is 0 Å². The first-order valence-corrected chi connectivity index (χ1v) is 6.69. The fourth-order valence-electron chi connectivity index (χ4n) is 2.64. The van der Waals surface area contributed by atoms with Crippen LogP contribution in [0.5, 0.6) is 0 Å². The Morgan fingerprint density at radius 3 is 2.40 bits per heavy atom. The lowest BCUT2D eigenvalue weighted by Gasteiger charge is -2.33. The Labute approximate surface area is 95.4 Å². The van der Waals surface area contributed by atoms with Gasteiger partial charge in [0.15, 0.2) is 0 Å². The second-order valence-electron chi connectivity index (χ2n) is 4.92. The van der Waals surface area contributed by atoms with Crippen molar-refractivity contribution in [2.75, 3.05) is 26.7 Å². The third-order valence-electron chi connectivity index (χ3n) is 3.73. The summed E-state index contributed by atoms with van der Waals surface area (Å²) in [6.07, 6.45) is 7.23. The van der Waals surface area contributed by atoms with E-state index in [4.69, 9.17) is 0 Å². The number of rotatable bonds is 6. The summed E-state index contributed by atoms with van der Waals surface area (Å²) in [4.78, 5) is 2.43. The zero-order chi connectivity index (χ0) is 11.1. The summed E-state index contributed by atoms with van der Waals surface area (Å²) in [6, 6.07) is 0.722. The van der Waals surface area contributed by atoms with Gasteiger partial charge in [0.25, 0.3) is 0 Å². The molecule has 1 rings (SSSR count). The second kappa shape index (κ2) is 7.24. The van der Waals surface area contributed by atoms with Crippen molar-refractivity contribution in [1.29, 1.82) is 0 Å². The second-order valence-corrected chi connectivity index (χ2v) is 4.92. The molecule has 0 aliphatic heterocycles. The Kier molecular flexibility index (Phi) is 6.26. The summed E-state index contributed by atoms with van der Waals surface area (Å²) in [7, 11) is 2.23. The highest BCUT2D eigenvalue weighted by Crippen LogP contribution is 2.26. The molecule has 1 N–H and O–H groups in total. The van der Waals surface area contributed by atoms with Gasteiger partial charge in [-0.25, -0.2) is 0 Å². The summed E-state index contributed by atoms with van der Waals surface area (Å²) in [5.74, 6) is 0.924. The van der Waals surface area contributed by atoms with Crippen LogP contribution in [0.2, 0.25) is 0 Å². The largest absolute Gasteiger partial charge is 0.313 e. The van der Waals surface area contributed by atoms with E-state index >= 15 is 0 Å². The van der Waals surface area contributed by atoms with Crippen LogP contribution >= 0.6 is 0 Å². The Balaban J connectivity index is 2.39. The van der Waals surface area contributed by atoms with E-state index in [2.05, 4.69) is 31.1 Å². The maximum Gasteiger partial charge on any atom is 0.0222 e. The number of likely N-dealkylation sites (N-methyl/N-ethyl adjacent to an activating group) is 2. The normalized spacial score (nSPS) is 20.8. The average molecular weight is 212 g/mol. The van der Waals surface area contributed by atoms with Crippen LogP contribution in [0.15, 0.2) is 0 Å². The number of nitrogens with one attached hydrogen (secondary N) is 1. The van der Waals surface area contributed by atoms with Crippen LogP contribution in [0.4, 0.5) is 0 Å². The average Bonchev–Trinajstić information content (AvgIpc) is 2.29. The van der Waals surface area contributed by atoms with Crippen LogP contribution in [0.3, 0.4) is 0 Å². The molecule has 1 atom stereocenters. The molecule has 90 valence electrons. The van der Waals surface area contributed by atoms with Crippen LogP contribution < -0.4 is 5.32 Å². The molecule has 1 fully saturated rings. The smallest absolute Gasteiger partial charge is 0.0222 e. The van der Waals surface area contributed by atoms with Crippen molar-refractivity contribution in [3.63, 3.8) is 0 Å². The fraction of sp³-hybridized carbons (Fsp3) is 1.00. The SMILES string of the molecule is CCNC(CN(C)CC)C1CCCCC1. The molecular weight excluding hydrogens is 184 g/mol. The van der Waals surface area contributed by atoms with Crippen molar-refractivity contribution in [2.45, 2.75) is 52.0 Å². The van der Waals surface area contributed by atoms with Gasteiger partial charge in [0, 0.05) is 12.6 Å². The molecule has 1 aliphatic rings. The van der Waals surface area contributed by atoms with Crippen molar-refractivity contribution in [3.8, 4) is 0 Å². The molecule has 1 saturated carbocycles. The van der Waals surface area contributed by atoms with Gasteiger partial charge in [0.05, 0.1) is 0 Å². The number of nitrogens with zero attached hydrogens (tertiary/aromatic N) is 1. The molecule has 2 heteroatoms. The molecule has 0 aromatic carbocycles. The van der Waals surface area contributed by atoms with Crippen LogP contribution in [0.1, 0.15) is 46.0 Å². The molecule has 0 amide bonds. The van der Waals surface area contributed by atoms with E-state index in [1.54, 1.807) is 0 Å². The summed E-state index contributed by atoms with van der Waals surface area (Å²) in [6.45, 7) is 7.95. The topological polar surface area (TPSA) is 15.3 Å². The Morgan fingerprint density at radius 1 is 1.20 bits per heavy atom. The third-order valence-corrected chi connectivity index (χ3v) is 3.73. The van der Waals surface area contributed by atoms with Gasteiger partial charge >= 0.3 is 0 Å². The molecule has 0 radical (unpaired) electrons. The number of hydrogen-bond donors (Lipinski definition) is 1. The van der Waals surface area contributed by atoms with Crippen molar-refractivity contribution in [1.82, 2.24) is 10.2 Å². The van der Waals surface area contributed by atoms with Crippen LogP contribution in [0, 0.1) is 5.92 Å². The van der Waals surface area contributed by atoms with E-state index in [1.807, 2.05) is 0 Å². The minimum absolute atomic E-state index is 0.722. The Bertz CT molecular complexity index is 153. The quantitative estimate of drug-likeness (QED) is 0.728. The zero-order valence-electron chi connectivity index (χ0n) is 10.8. The molecule has 0 saturated heterocycles. The van der Waals surface area contributed by atoms with Gasteiger partial charge in [0.2, 0.25) is 0 Å². The first-order valence-electron chi connectivity index (χ1n) is 6.69. The molecule has 1 unspecified atom stereocenters. The maximum atomic E-state index is 3.68. The monoisotopic (exact) mass is 212 g/mol. The third kappa shape index (κ3) is 4.52. The molecule has 0 heterocycles. The lowest BCUT2D eigenvalue weighted by atomic mass is 9.83. The van der Waals surface area contributed by atoms with Gasteiger partial charge in [-0.05, 0) is 38.9 Å². The molecular formula is C13H28N2. The zero-order valence-corrected chi connectivity index (χ0v) is 10.8. The molecule has 0 aromatic heterocycles. The van der Waals surface area contributed by atoms with Gasteiger partial charge in [-0.15, -0.1) is 0 Å². The van der Waals surface area contributed by atoms with Gasteiger partial charge in [-0.1, -0.05) is 33.1 Å². The Morgan fingerprint density at radius 2 is 1.87 bits per heavy atom. The van der Waals surface area contributed by atoms with Crippen LogP contribution in [-0.4, -0.2) is 37.6 Å². The van der Waals surface area contributed by atoms with Crippen molar-refractivity contribution < 1.29 is 0 Å². The summed E-state index contributed by atoms with van der Waals surface area (Å²) in [5, 5.41) is 3.68. The van der Waals surface area contributed by atoms with Crippen molar-refractivity contribution >= 4 is 0 Å². The predicted octanol–water partition coefficient (Wildman–Crippen LogP) is 2.50. The molecule has 0 aromatic rings. The van der Waals surface area contributed by atoms with Crippen molar-refractivity contribution in [2.24, 2.45) is 5.92 Å². The first-order chi connectivity index (χ1) is 7.27. The molecule has 2 nitrogen and oxygen atoms in total. The lowest BCUT2D eigenvalue weighted by molar-refractivity contribution is 0.211. The molecule has 15 heavy (non-hydrogen) atoms. The summed E-state index contributed by atoms with van der Waals surface area (Å²) < 4.78 is 0. The van der Waals surface area contributed by atoms with Gasteiger partial charge < -0.3 is 10.2 Å². The highest BCUT2D eigenvalue weighted by Gasteiger charge is 2.23. The fourth-order valence-corrected chi connectivity index (χ4v) is 2.64. The van der Waals surface area contributed by atoms with E-state index in [0.29, 0.717) is 0 Å². The van der Waals surface area contributed by atoms with Gasteiger partial charge in [-0.3, -0.25) is 0 Å². The van der Waals surface area contributed by atoms with Gasteiger partial charge in [0.1, 0.15) is 0 Å². The maximum absolute atomic E-state index is 3.68. The number of hydrogen-bond acceptors (Lipinski definition) is 2. The Hall–Kier alpha value is -0.0800. The van der Waals surface area contributed by atoms with E-state index < -0.39 is 0 Å². The minimum Gasteiger partial charge on any atom is -0.313 e. The van der Waals surface area contributed by atoms with Crippen LogP contribution in [-0.2, 0) is 0 Å². The highest BCUT2D eigenvalue weighted by atomic mass is 15.1. The molecule has 1 aliphatic carbocycles. The summed E-state index contributed by atoms with van der Waals surface area (Å²) >= 11 is 0. The van der Waals surface area contributed by atoms with E-state index in [-0.39, 0.29) is 0 Å². The highest BCUT2D eigenvalue weighted by molar-refractivity contribution is 4.81.